The molecule has 33 heavy (non-hydrogen) atoms. The molecule has 0 bridgehead atoms. The number of carbonyl (C=O) groups excluding carboxylic acids is 1. The number of hydrogen-bond acceptors (Lipinski definition) is 4. The number of rotatable bonds is 16. The summed E-state index contributed by atoms with van der Waals surface area (Å²) in [6, 6.07) is 14.3. The summed E-state index contributed by atoms with van der Waals surface area (Å²) >= 11 is 0. The Kier molecular flexibility index (Phi) is 12.5. The van der Waals surface area contributed by atoms with Gasteiger partial charge in [-0.1, -0.05) is 65.7 Å². The number of esters is 1. The molecule has 4 nitrogen and oxygen atoms in total. The largest absolute Gasteiger partial charge is 0.493 e. The molecule has 2 aromatic carbocycles. The third-order valence-corrected chi connectivity index (χ3v) is 5.74. The van der Waals surface area contributed by atoms with Gasteiger partial charge in [0.1, 0.15) is 17.2 Å². The molecule has 2 atom stereocenters. The maximum absolute atomic E-state index is 12.4. The van der Waals surface area contributed by atoms with Crippen LogP contribution in [0.5, 0.6) is 17.2 Å². The first-order chi connectivity index (χ1) is 16.0. The average molecular weight is 455 g/mol. The third-order valence-electron chi connectivity index (χ3n) is 5.74. The van der Waals surface area contributed by atoms with E-state index in [4.69, 9.17) is 14.2 Å². The molecular weight excluding hydrogens is 412 g/mol. The molecule has 1 unspecified atom stereocenters. The van der Waals surface area contributed by atoms with Crippen molar-refractivity contribution < 1.29 is 19.0 Å². The normalized spacial score (nSPS) is 12.7. The monoisotopic (exact) mass is 454 g/mol. The Bertz CT molecular complexity index is 782. The van der Waals surface area contributed by atoms with E-state index in [2.05, 4.69) is 27.7 Å². The number of ether oxygens (including phenoxy) is 3. The fourth-order valence-electron chi connectivity index (χ4n) is 3.73. The Hall–Kier alpha value is -2.49. The number of benzene rings is 2. The highest BCUT2D eigenvalue weighted by atomic mass is 16.5. The molecule has 0 heterocycles. The summed E-state index contributed by atoms with van der Waals surface area (Å²) in [6.45, 7) is 9.38. The first-order valence-electron chi connectivity index (χ1n) is 12.7. The van der Waals surface area contributed by atoms with Crippen molar-refractivity contribution in [2.45, 2.75) is 91.6 Å². The SMILES string of the molecule is CCCCCCCCC(C)COc1ccc(OC(=O)c2ccc(O[C@H](C)CCC)cc2)cc1. The van der Waals surface area contributed by atoms with Gasteiger partial charge in [-0.15, -0.1) is 0 Å². The topological polar surface area (TPSA) is 44.8 Å². The van der Waals surface area contributed by atoms with Crippen LogP contribution in [0.15, 0.2) is 48.5 Å². The summed E-state index contributed by atoms with van der Waals surface area (Å²) in [6.07, 6.45) is 11.4. The minimum absolute atomic E-state index is 0.159. The van der Waals surface area contributed by atoms with Gasteiger partial charge >= 0.3 is 5.97 Å². The second-order valence-corrected chi connectivity index (χ2v) is 9.08. The zero-order valence-corrected chi connectivity index (χ0v) is 21.0. The summed E-state index contributed by atoms with van der Waals surface area (Å²) in [5, 5.41) is 0. The van der Waals surface area contributed by atoms with Crippen LogP contribution in [-0.2, 0) is 0 Å². The Morgan fingerprint density at radius 3 is 2.00 bits per heavy atom. The standard InChI is InChI=1S/C29H42O4/c1-5-7-8-9-10-11-13-23(3)22-31-26-18-20-28(21-19-26)33-29(30)25-14-16-27(17-15-25)32-24(4)12-6-2/h14-21,23-24H,5-13,22H2,1-4H3/t23?,24-/m1/s1. The van der Waals surface area contributed by atoms with Gasteiger partial charge in [0.15, 0.2) is 0 Å². The van der Waals surface area contributed by atoms with Crippen molar-refractivity contribution in [3.05, 3.63) is 54.1 Å². The maximum Gasteiger partial charge on any atom is 0.343 e. The van der Waals surface area contributed by atoms with Crippen molar-refractivity contribution in [1.29, 1.82) is 0 Å². The Balaban J connectivity index is 1.72. The van der Waals surface area contributed by atoms with E-state index >= 15 is 0 Å². The molecule has 0 fully saturated rings. The summed E-state index contributed by atoms with van der Waals surface area (Å²) in [4.78, 5) is 12.4. The van der Waals surface area contributed by atoms with E-state index in [-0.39, 0.29) is 12.1 Å². The van der Waals surface area contributed by atoms with Crippen molar-refractivity contribution in [2.24, 2.45) is 5.92 Å². The van der Waals surface area contributed by atoms with E-state index in [1.54, 1.807) is 24.3 Å². The van der Waals surface area contributed by atoms with Crippen molar-refractivity contribution >= 4 is 5.97 Å². The van der Waals surface area contributed by atoms with E-state index in [0.717, 1.165) is 24.3 Å². The van der Waals surface area contributed by atoms with Gasteiger partial charge in [-0.3, -0.25) is 0 Å². The molecule has 4 heteroatoms. The zero-order valence-electron chi connectivity index (χ0n) is 21.0. The second kappa shape index (κ2) is 15.4. The van der Waals surface area contributed by atoms with Crippen LogP contribution in [0, 0.1) is 5.92 Å². The maximum atomic E-state index is 12.4. The van der Waals surface area contributed by atoms with E-state index in [1.807, 2.05) is 24.3 Å². The van der Waals surface area contributed by atoms with Gasteiger partial charge in [-0.05, 0) is 74.2 Å². The lowest BCUT2D eigenvalue weighted by Gasteiger charge is -2.14. The van der Waals surface area contributed by atoms with E-state index < -0.39 is 0 Å². The number of hydrogen-bond donors (Lipinski definition) is 0. The predicted molar refractivity (Wildman–Crippen MR) is 135 cm³/mol. The zero-order chi connectivity index (χ0) is 23.9. The molecule has 2 rings (SSSR count). The molecule has 0 spiro atoms. The fourth-order valence-corrected chi connectivity index (χ4v) is 3.73. The van der Waals surface area contributed by atoms with Crippen molar-refractivity contribution in [3.63, 3.8) is 0 Å². The lowest BCUT2D eigenvalue weighted by Crippen LogP contribution is -2.12. The minimum Gasteiger partial charge on any atom is -0.493 e. The van der Waals surface area contributed by atoms with Crippen LogP contribution in [0.2, 0.25) is 0 Å². The molecular formula is C29H42O4. The highest BCUT2D eigenvalue weighted by Gasteiger charge is 2.10. The molecule has 0 amide bonds. The molecule has 0 radical (unpaired) electrons. The van der Waals surface area contributed by atoms with Crippen LogP contribution in [0.3, 0.4) is 0 Å². The number of carbonyl (C=O) groups is 1. The highest BCUT2D eigenvalue weighted by molar-refractivity contribution is 5.91. The number of unbranched alkanes of at least 4 members (excludes halogenated alkanes) is 5. The van der Waals surface area contributed by atoms with E-state index in [9.17, 15) is 4.79 Å². The van der Waals surface area contributed by atoms with Crippen molar-refractivity contribution in [3.8, 4) is 17.2 Å². The van der Waals surface area contributed by atoms with Gasteiger partial charge in [0, 0.05) is 0 Å². The van der Waals surface area contributed by atoms with E-state index in [1.165, 1.54) is 44.9 Å². The van der Waals surface area contributed by atoms with E-state index in [0.29, 0.717) is 23.8 Å². The predicted octanol–water partition coefficient (Wildman–Crippen LogP) is 8.24. The second-order valence-electron chi connectivity index (χ2n) is 9.08. The van der Waals surface area contributed by atoms with Gasteiger partial charge in [0.25, 0.3) is 0 Å². The molecule has 0 aromatic heterocycles. The van der Waals surface area contributed by atoms with Crippen LogP contribution in [0.25, 0.3) is 0 Å². The van der Waals surface area contributed by atoms with Crippen molar-refractivity contribution in [2.75, 3.05) is 6.61 Å². The summed E-state index contributed by atoms with van der Waals surface area (Å²) in [5.74, 6) is 2.21. The van der Waals surface area contributed by atoms with Gasteiger partial charge in [-0.25, -0.2) is 4.79 Å². The molecule has 0 aliphatic rings. The molecule has 0 aliphatic heterocycles. The molecule has 0 N–H and O–H groups in total. The molecule has 2 aromatic rings. The molecule has 0 saturated heterocycles. The van der Waals surface area contributed by atoms with Gasteiger partial charge < -0.3 is 14.2 Å². The van der Waals surface area contributed by atoms with Crippen LogP contribution in [0.1, 0.15) is 95.8 Å². The van der Waals surface area contributed by atoms with Crippen LogP contribution >= 0.6 is 0 Å². The Morgan fingerprint density at radius 2 is 1.33 bits per heavy atom. The van der Waals surface area contributed by atoms with Gasteiger partial charge in [0.2, 0.25) is 0 Å². The third kappa shape index (κ3) is 10.8. The van der Waals surface area contributed by atoms with Crippen molar-refractivity contribution in [1.82, 2.24) is 0 Å². The first kappa shape index (κ1) is 26.8. The molecule has 0 aliphatic carbocycles. The molecule has 0 saturated carbocycles. The smallest absolute Gasteiger partial charge is 0.343 e. The Morgan fingerprint density at radius 1 is 0.727 bits per heavy atom. The van der Waals surface area contributed by atoms with Gasteiger partial charge in [0.05, 0.1) is 18.3 Å². The minimum atomic E-state index is -0.385. The van der Waals surface area contributed by atoms with Gasteiger partial charge in [-0.2, -0.15) is 0 Å². The quantitative estimate of drug-likeness (QED) is 0.145. The van der Waals surface area contributed by atoms with Crippen LogP contribution < -0.4 is 14.2 Å². The summed E-state index contributed by atoms with van der Waals surface area (Å²) in [5.41, 5.74) is 0.495. The average Bonchev–Trinajstić information content (AvgIpc) is 2.81. The first-order valence-corrected chi connectivity index (χ1v) is 12.7. The summed E-state index contributed by atoms with van der Waals surface area (Å²) in [7, 11) is 0. The Labute approximate surface area is 200 Å². The molecule has 182 valence electrons. The van der Waals surface area contributed by atoms with Crippen LogP contribution in [-0.4, -0.2) is 18.7 Å². The van der Waals surface area contributed by atoms with Crippen LogP contribution in [0.4, 0.5) is 0 Å². The highest BCUT2D eigenvalue weighted by Crippen LogP contribution is 2.21. The lowest BCUT2D eigenvalue weighted by atomic mass is 10.0. The fraction of sp³-hybridized carbons (Fsp3) is 0.552. The lowest BCUT2D eigenvalue weighted by molar-refractivity contribution is 0.0734. The summed E-state index contributed by atoms with van der Waals surface area (Å²) < 4.78 is 17.3.